The fourth-order valence-corrected chi connectivity index (χ4v) is 2.03. The van der Waals surface area contributed by atoms with Gasteiger partial charge >= 0.3 is 5.22 Å². The summed E-state index contributed by atoms with van der Waals surface area (Å²) in [6.45, 7) is 0. The SMILES string of the molecule is NS(=O)(=O)c1nc2c(I)cccc2o1. The standard InChI is InChI=1S/C7H5IN2O3S/c8-4-2-1-3-5-6(4)10-7(13-5)14(9,11)12/h1-3H,(H2,9,11,12). The van der Waals surface area contributed by atoms with Crippen LogP contribution in [0.25, 0.3) is 11.1 Å². The van der Waals surface area contributed by atoms with Crippen LogP contribution in [0.5, 0.6) is 0 Å². The van der Waals surface area contributed by atoms with Crippen LogP contribution < -0.4 is 5.14 Å². The van der Waals surface area contributed by atoms with Crippen molar-refractivity contribution >= 4 is 43.7 Å². The summed E-state index contributed by atoms with van der Waals surface area (Å²) in [4.78, 5) is 3.80. The van der Waals surface area contributed by atoms with Gasteiger partial charge in [0.25, 0.3) is 10.0 Å². The Balaban J connectivity index is 2.81. The van der Waals surface area contributed by atoms with Crippen molar-refractivity contribution in [2.75, 3.05) is 0 Å². The fraction of sp³-hybridized carbons (Fsp3) is 0. The van der Waals surface area contributed by atoms with Crippen LogP contribution in [0.3, 0.4) is 0 Å². The molecule has 2 rings (SSSR count). The van der Waals surface area contributed by atoms with Gasteiger partial charge in [-0.25, -0.2) is 13.6 Å². The van der Waals surface area contributed by atoms with Gasteiger partial charge in [0.15, 0.2) is 5.58 Å². The summed E-state index contributed by atoms with van der Waals surface area (Å²) in [5.41, 5.74) is 0.929. The molecule has 0 atom stereocenters. The molecule has 1 aromatic heterocycles. The Morgan fingerprint density at radius 2 is 2.14 bits per heavy atom. The number of hydrogen-bond donors (Lipinski definition) is 1. The summed E-state index contributed by atoms with van der Waals surface area (Å²) < 4.78 is 27.7. The molecule has 0 fully saturated rings. The average Bonchev–Trinajstić information content (AvgIpc) is 2.48. The first kappa shape index (κ1) is 9.87. The van der Waals surface area contributed by atoms with Crippen molar-refractivity contribution in [1.82, 2.24) is 4.98 Å². The van der Waals surface area contributed by atoms with Gasteiger partial charge in [0.1, 0.15) is 5.52 Å². The van der Waals surface area contributed by atoms with Gasteiger partial charge < -0.3 is 4.42 Å². The summed E-state index contributed by atoms with van der Waals surface area (Å²) >= 11 is 2.04. The van der Waals surface area contributed by atoms with Crippen LogP contribution in [0.4, 0.5) is 0 Å². The summed E-state index contributed by atoms with van der Waals surface area (Å²) in [6.07, 6.45) is 0. The third-order valence-electron chi connectivity index (χ3n) is 1.59. The van der Waals surface area contributed by atoms with Crippen LogP contribution in [0.15, 0.2) is 27.8 Å². The van der Waals surface area contributed by atoms with E-state index in [1.807, 2.05) is 22.6 Å². The van der Waals surface area contributed by atoms with Crippen molar-refractivity contribution in [2.24, 2.45) is 5.14 Å². The summed E-state index contributed by atoms with van der Waals surface area (Å²) in [5.74, 6) is 0. The minimum absolute atomic E-state index is 0.418. The molecule has 0 saturated heterocycles. The summed E-state index contributed by atoms with van der Waals surface area (Å²) in [5, 5.41) is 4.44. The molecule has 2 aromatic rings. The van der Waals surface area contributed by atoms with Crippen molar-refractivity contribution in [3.05, 3.63) is 21.8 Å². The van der Waals surface area contributed by atoms with Gasteiger partial charge in [-0.2, -0.15) is 4.98 Å². The highest BCUT2D eigenvalue weighted by Gasteiger charge is 2.17. The fourth-order valence-electron chi connectivity index (χ4n) is 1.02. The zero-order chi connectivity index (χ0) is 10.3. The molecule has 0 aliphatic rings. The van der Waals surface area contributed by atoms with E-state index in [-0.39, 0.29) is 0 Å². The second kappa shape index (κ2) is 3.17. The third kappa shape index (κ3) is 1.62. The summed E-state index contributed by atoms with van der Waals surface area (Å²) in [7, 11) is -3.86. The predicted octanol–water partition coefficient (Wildman–Crippen LogP) is 1.08. The highest BCUT2D eigenvalue weighted by Crippen LogP contribution is 2.22. The number of nitrogens with two attached hydrogens (primary N) is 1. The first-order valence-corrected chi connectivity index (χ1v) is 6.19. The molecule has 0 amide bonds. The first-order chi connectivity index (χ1) is 6.48. The molecule has 0 unspecified atom stereocenters. The zero-order valence-electron chi connectivity index (χ0n) is 6.77. The van der Waals surface area contributed by atoms with Gasteiger partial charge in [-0.05, 0) is 34.7 Å². The molecule has 0 radical (unpaired) electrons. The molecular weight excluding hydrogens is 319 g/mol. The maximum atomic E-state index is 10.9. The number of halogens is 1. The van der Waals surface area contributed by atoms with Crippen molar-refractivity contribution in [1.29, 1.82) is 0 Å². The number of rotatable bonds is 1. The molecule has 1 aromatic carbocycles. The number of oxazole rings is 1. The molecule has 14 heavy (non-hydrogen) atoms. The average molecular weight is 324 g/mol. The highest BCUT2D eigenvalue weighted by atomic mass is 127. The Morgan fingerprint density at radius 3 is 2.71 bits per heavy atom. The lowest BCUT2D eigenvalue weighted by Crippen LogP contribution is -2.12. The number of hydrogen-bond acceptors (Lipinski definition) is 4. The lowest BCUT2D eigenvalue weighted by molar-refractivity contribution is 0.459. The molecular formula is C7H5IN2O3S. The Labute approximate surface area is 93.5 Å². The van der Waals surface area contributed by atoms with E-state index in [1.165, 1.54) is 0 Å². The molecule has 1 heterocycles. The van der Waals surface area contributed by atoms with Gasteiger partial charge in [0.05, 0.1) is 0 Å². The molecule has 0 saturated carbocycles. The van der Waals surface area contributed by atoms with E-state index in [4.69, 9.17) is 9.56 Å². The zero-order valence-corrected chi connectivity index (χ0v) is 9.74. The maximum Gasteiger partial charge on any atom is 0.331 e. The van der Waals surface area contributed by atoms with Crippen molar-refractivity contribution in [3.8, 4) is 0 Å². The van der Waals surface area contributed by atoms with Crippen LogP contribution in [-0.2, 0) is 10.0 Å². The van der Waals surface area contributed by atoms with Crippen LogP contribution in [0.2, 0.25) is 0 Å². The molecule has 0 bridgehead atoms. The van der Waals surface area contributed by atoms with Crippen LogP contribution >= 0.6 is 22.6 Å². The van der Waals surface area contributed by atoms with Crippen LogP contribution in [-0.4, -0.2) is 13.4 Å². The van der Waals surface area contributed by atoms with Crippen molar-refractivity contribution < 1.29 is 12.8 Å². The van der Waals surface area contributed by atoms with Gasteiger partial charge in [0, 0.05) is 3.57 Å². The normalized spacial score (nSPS) is 12.1. The number of benzene rings is 1. The largest absolute Gasteiger partial charge is 0.427 e. The smallest absolute Gasteiger partial charge is 0.331 e. The second-order valence-electron chi connectivity index (χ2n) is 2.61. The molecule has 5 nitrogen and oxygen atoms in total. The highest BCUT2D eigenvalue weighted by molar-refractivity contribution is 14.1. The molecule has 7 heteroatoms. The lowest BCUT2D eigenvalue weighted by atomic mass is 10.3. The minimum Gasteiger partial charge on any atom is -0.427 e. The number of nitrogens with zero attached hydrogens (tertiary/aromatic N) is 1. The number of para-hydroxylation sites is 1. The Bertz CT molecular complexity index is 590. The number of fused-ring (bicyclic) bond motifs is 1. The topological polar surface area (TPSA) is 86.2 Å². The maximum absolute atomic E-state index is 10.9. The molecule has 0 spiro atoms. The van der Waals surface area contributed by atoms with E-state index in [0.29, 0.717) is 11.1 Å². The molecule has 0 aliphatic heterocycles. The third-order valence-corrected chi connectivity index (χ3v) is 3.13. The first-order valence-electron chi connectivity index (χ1n) is 3.56. The van der Waals surface area contributed by atoms with Crippen molar-refractivity contribution in [3.63, 3.8) is 0 Å². The summed E-state index contributed by atoms with van der Waals surface area (Å²) in [6, 6.07) is 5.19. The van der Waals surface area contributed by atoms with Crippen molar-refractivity contribution in [2.45, 2.75) is 5.22 Å². The Hall–Kier alpha value is -0.670. The number of aromatic nitrogens is 1. The second-order valence-corrected chi connectivity index (χ2v) is 5.21. The predicted molar refractivity (Wildman–Crippen MR) is 58.1 cm³/mol. The van der Waals surface area contributed by atoms with Gasteiger partial charge in [-0.15, -0.1) is 0 Å². The van der Waals surface area contributed by atoms with E-state index in [2.05, 4.69) is 4.98 Å². The van der Waals surface area contributed by atoms with Gasteiger partial charge in [-0.3, -0.25) is 0 Å². The van der Waals surface area contributed by atoms with Gasteiger partial charge in [0.2, 0.25) is 0 Å². The van der Waals surface area contributed by atoms with E-state index in [1.54, 1.807) is 18.2 Å². The van der Waals surface area contributed by atoms with E-state index >= 15 is 0 Å². The molecule has 0 aliphatic carbocycles. The molecule has 2 N–H and O–H groups in total. The van der Waals surface area contributed by atoms with Crippen LogP contribution in [0, 0.1) is 3.57 Å². The van der Waals surface area contributed by atoms with Gasteiger partial charge in [-0.1, -0.05) is 6.07 Å². The van der Waals surface area contributed by atoms with E-state index in [9.17, 15) is 8.42 Å². The quantitative estimate of drug-likeness (QED) is 0.796. The Kier molecular flexibility index (Phi) is 2.24. The lowest BCUT2D eigenvalue weighted by Gasteiger charge is -1.86. The van der Waals surface area contributed by atoms with E-state index in [0.717, 1.165) is 3.57 Å². The van der Waals surface area contributed by atoms with E-state index < -0.39 is 15.2 Å². The number of primary sulfonamides is 1. The van der Waals surface area contributed by atoms with Crippen LogP contribution in [0.1, 0.15) is 0 Å². The number of sulfonamides is 1. The monoisotopic (exact) mass is 324 g/mol. The molecule has 74 valence electrons. The Morgan fingerprint density at radius 1 is 1.43 bits per heavy atom. The minimum atomic E-state index is -3.86.